The zero-order chi connectivity index (χ0) is 13.8. The van der Waals surface area contributed by atoms with E-state index in [1.807, 2.05) is 7.05 Å². The van der Waals surface area contributed by atoms with Gasteiger partial charge < -0.3 is 10.1 Å². The van der Waals surface area contributed by atoms with Crippen molar-refractivity contribution in [3.63, 3.8) is 0 Å². The molecule has 0 amide bonds. The quantitative estimate of drug-likeness (QED) is 0.909. The summed E-state index contributed by atoms with van der Waals surface area (Å²) in [6.45, 7) is 2.62. The van der Waals surface area contributed by atoms with Gasteiger partial charge in [0.1, 0.15) is 11.0 Å². The van der Waals surface area contributed by atoms with Gasteiger partial charge in [-0.25, -0.2) is 9.67 Å². The number of nitrogens with zero attached hydrogens (tertiary/aromatic N) is 4. The number of halogens is 1. The highest BCUT2D eigenvalue weighted by atomic mass is 35.5. The molecular weight excluding hydrogens is 266 g/mol. The van der Waals surface area contributed by atoms with E-state index >= 15 is 0 Å². The van der Waals surface area contributed by atoms with Crippen molar-refractivity contribution in [2.75, 3.05) is 12.4 Å². The number of hydrogen-bond donors (Lipinski definition) is 1. The molecule has 0 fully saturated rings. The maximum Gasteiger partial charge on any atom is 0.216 e. The molecule has 2 rings (SSSR count). The van der Waals surface area contributed by atoms with E-state index in [-0.39, 0.29) is 0 Å². The molecule has 2 heterocycles. The first kappa shape index (κ1) is 13.6. The van der Waals surface area contributed by atoms with Gasteiger partial charge in [-0.1, -0.05) is 18.5 Å². The van der Waals surface area contributed by atoms with Gasteiger partial charge in [0.15, 0.2) is 0 Å². The summed E-state index contributed by atoms with van der Waals surface area (Å²) in [6, 6.07) is 0. The predicted octanol–water partition coefficient (Wildman–Crippen LogP) is 2.05. The van der Waals surface area contributed by atoms with Gasteiger partial charge >= 0.3 is 0 Å². The zero-order valence-corrected chi connectivity index (χ0v) is 11.9. The lowest BCUT2D eigenvalue weighted by molar-refractivity contribution is 0.369. The van der Waals surface area contributed by atoms with E-state index in [1.54, 1.807) is 18.0 Å². The summed E-state index contributed by atoms with van der Waals surface area (Å²) in [4.78, 5) is 8.11. The molecule has 102 valence electrons. The molecule has 2 aromatic rings. The van der Waals surface area contributed by atoms with Gasteiger partial charge in [-0.05, 0) is 6.42 Å². The lowest BCUT2D eigenvalue weighted by atomic mass is 10.2. The van der Waals surface area contributed by atoms with Gasteiger partial charge in [-0.2, -0.15) is 5.10 Å². The minimum atomic E-state index is 0.360. The molecule has 6 nitrogen and oxygen atoms in total. The minimum absolute atomic E-state index is 0.360. The fourth-order valence-corrected chi connectivity index (χ4v) is 2.08. The Labute approximate surface area is 116 Å². The maximum absolute atomic E-state index is 5.79. The van der Waals surface area contributed by atoms with Crippen molar-refractivity contribution < 1.29 is 4.74 Å². The van der Waals surface area contributed by atoms with Crippen LogP contribution in [0, 0.1) is 0 Å². The zero-order valence-electron chi connectivity index (χ0n) is 11.1. The number of methoxy groups -OCH3 is 1. The third-order valence-electron chi connectivity index (χ3n) is 2.75. The Morgan fingerprint density at radius 1 is 1.42 bits per heavy atom. The highest BCUT2D eigenvalue weighted by Crippen LogP contribution is 2.23. The van der Waals surface area contributed by atoms with E-state index in [1.165, 1.54) is 6.20 Å². The lowest BCUT2D eigenvalue weighted by Crippen LogP contribution is -2.05. The van der Waals surface area contributed by atoms with Crippen molar-refractivity contribution in [3.05, 3.63) is 28.8 Å². The fraction of sp³-hybridized carbons (Fsp3) is 0.417. The number of hydrogen-bond acceptors (Lipinski definition) is 5. The highest BCUT2D eigenvalue weighted by Gasteiger charge is 2.15. The van der Waals surface area contributed by atoms with Gasteiger partial charge in [0, 0.05) is 13.6 Å². The smallest absolute Gasteiger partial charge is 0.216 e. The highest BCUT2D eigenvalue weighted by molar-refractivity contribution is 6.29. The minimum Gasteiger partial charge on any atom is -0.481 e. The summed E-state index contributed by atoms with van der Waals surface area (Å²) in [5, 5.41) is 7.95. The van der Waals surface area contributed by atoms with Crippen LogP contribution in [-0.4, -0.2) is 26.9 Å². The van der Waals surface area contributed by atoms with Crippen molar-refractivity contribution in [1.29, 1.82) is 0 Å². The molecule has 7 heteroatoms. The summed E-state index contributed by atoms with van der Waals surface area (Å²) in [5.41, 5.74) is 2.02. The third-order valence-corrected chi connectivity index (χ3v) is 2.93. The number of aromatic nitrogens is 4. The van der Waals surface area contributed by atoms with Crippen LogP contribution in [-0.2, 0) is 20.0 Å². The lowest BCUT2D eigenvalue weighted by Gasteiger charge is -2.07. The van der Waals surface area contributed by atoms with Crippen LogP contribution in [0.1, 0.15) is 18.2 Å². The normalized spacial score (nSPS) is 10.5. The Bertz CT molecular complexity index is 569. The Hall–Kier alpha value is -1.82. The second-order valence-electron chi connectivity index (χ2n) is 3.99. The molecule has 0 aliphatic carbocycles. The summed E-state index contributed by atoms with van der Waals surface area (Å²) in [7, 11) is 3.50. The number of ether oxygens (including phenoxy) is 1. The first-order chi connectivity index (χ1) is 9.15. The van der Waals surface area contributed by atoms with E-state index in [4.69, 9.17) is 16.3 Å². The average molecular weight is 282 g/mol. The molecule has 0 aliphatic heterocycles. The first-order valence-corrected chi connectivity index (χ1v) is 6.33. The van der Waals surface area contributed by atoms with Crippen LogP contribution in [0.5, 0.6) is 5.88 Å². The molecular formula is C12H16ClN5O. The molecule has 19 heavy (non-hydrogen) atoms. The summed E-state index contributed by atoms with van der Waals surface area (Å²) < 4.78 is 7.10. The second-order valence-corrected chi connectivity index (χ2v) is 4.38. The Morgan fingerprint density at radius 2 is 2.21 bits per heavy atom. The molecule has 0 radical (unpaired) electrons. The van der Waals surface area contributed by atoms with Crippen LogP contribution in [0.2, 0.25) is 5.15 Å². The van der Waals surface area contributed by atoms with Crippen LogP contribution in [0.3, 0.4) is 0 Å². The molecule has 2 aromatic heterocycles. The molecule has 0 atom stereocenters. The van der Waals surface area contributed by atoms with Crippen molar-refractivity contribution >= 4 is 17.4 Å². The van der Waals surface area contributed by atoms with Crippen LogP contribution >= 0.6 is 11.6 Å². The molecule has 0 unspecified atom stereocenters. The average Bonchev–Trinajstić information content (AvgIpc) is 2.71. The maximum atomic E-state index is 5.79. The van der Waals surface area contributed by atoms with Crippen LogP contribution in [0.4, 0.5) is 5.82 Å². The van der Waals surface area contributed by atoms with Gasteiger partial charge in [0.05, 0.1) is 30.8 Å². The van der Waals surface area contributed by atoms with Gasteiger partial charge in [0.25, 0.3) is 0 Å². The summed E-state index contributed by atoms with van der Waals surface area (Å²) in [6.07, 6.45) is 3.96. The Balaban J connectivity index is 2.19. The monoisotopic (exact) mass is 281 g/mol. The van der Waals surface area contributed by atoms with E-state index in [0.29, 0.717) is 17.5 Å². The molecule has 0 bridgehead atoms. The molecule has 0 saturated heterocycles. The molecule has 0 saturated carbocycles. The van der Waals surface area contributed by atoms with Crippen molar-refractivity contribution in [2.45, 2.75) is 19.9 Å². The summed E-state index contributed by atoms with van der Waals surface area (Å²) in [5.74, 6) is 1.37. The van der Waals surface area contributed by atoms with Crippen LogP contribution in [0.15, 0.2) is 12.4 Å². The van der Waals surface area contributed by atoms with Crippen molar-refractivity contribution in [1.82, 2.24) is 19.7 Å². The van der Waals surface area contributed by atoms with Gasteiger partial charge in [-0.3, -0.25) is 4.98 Å². The first-order valence-electron chi connectivity index (χ1n) is 5.95. The largest absolute Gasteiger partial charge is 0.481 e. The molecule has 1 N–H and O–H groups in total. The Morgan fingerprint density at radius 3 is 2.84 bits per heavy atom. The molecule has 0 aromatic carbocycles. The van der Waals surface area contributed by atoms with Crippen LogP contribution < -0.4 is 10.1 Å². The van der Waals surface area contributed by atoms with E-state index in [0.717, 1.165) is 23.6 Å². The van der Waals surface area contributed by atoms with E-state index in [9.17, 15) is 0 Å². The number of aryl methyl sites for hydroxylation is 2. The second kappa shape index (κ2) is 5.88. The third kappa shape index (κ3) is 2.96. The molecule has 0 aliphatic rings. The SMILES string of the molecule is CCc1nn(C)c(OC)c1CNc1cncc(Cl)n1. The predicted molar refractivity (Wildman–Crippen MR) is 73.5 cm³/mol. The van der Waals surface area contributed by atoms with E-state index in [2.05, 4.69) is 27.3 Å². The number of anilines is 1. The van der Waals surface area contributed by atoms with Crippen molar-refractivity contribution in [3.8, 4) is 5.88 Å². The fourth-order valence-electron chi connectivity index (χ4n) is 1.93. The van der Waals surface area contributed by atoms with E-state index < -0.39 is 0 Å². The number of nitrogens with one attached hydrogen (secondary N) is 1. The van der Waals surface area contributed by atoms with Gasteiger partial charge in [-0.15, -0.1) is 0 Å². The van der Waals surface area contributed by atoms with Gasteiger partial charge in [0.2, 0.25) is 5.88 Å². The standard InChI is InChI=1S/C12H16ClN5O/c1-4-9-8(12(19-3)18(2)17-9)5-15-11-7-14-6-10(13)16-11/h6-7H,4-5H2,1-3H3,(H,15,16). The van der Waals surface area contributed by atoms with Crippen LogP contribution in [0.25, 0.3) is 0 Å². The number of rotatable bonds is 5. The summed E-state index contributed by atoms with van der Waals surface area (Å²) >= 11 is 5.79. The topological polar surface area (TPSA) is 64.9 Å². The Kier molecular flexibility index (Phi) is 4.21. The molecule has 0 spiro atoms. The van der Waals surface area contributed by atoms with Crippen molar-refractivity contribution in [2.24, 2.45) is 7.05 Å².